The molecular formula is C14H13NO. The van der Waals surface area contributed by atoms with Gasteiger partial charge in [0.05, 0.1) is 6.07 Å². The number of benzene rings is 1. The van der Waals surface area contributed by atoms with Gasteiger partial charge in [0.1, 0.15) is 5.41 Å². The molecule has 16 heavy (non-hydrogen) atoms. The van der Waals surface area contributed by atoms with Gasteiger partial charge in [-0.3, -0.25) is 0 Å². The third-order valence-corrected chi connectivity index (χ3v) is 3.51. The van der Waals surface area contributed by atoms with Crippen LogP contribution in [-0.2, 0) is 5.60 Å². The van der Waals surface area contributed by atoms with Crippen LogP contribution in [0.3, 0.4) is 0 Å². The zero-order valence-electron chi connectivity index (χ0n) is 8.98. The molecule has 1 aliphatic carbocycles. The van der Waals surface area contributed by atoms with Gasteiger partial charge in [0, 0.05) is 0 Å². The highest BCUT2D eigenvalue weighted by molar-refractivity contribution is 5.38. The SMILES string of the molecule is C#C[C@](O)(c1ccccc1)C1(C#N)CCC1. The molecular weight excluding hydrogens is 198 g/mol. The van der Waals surface area contributed by atoms with Crippen molar-refractivity contribution in [2.45, 2.75) is 24.9 Å². The first-order valence-corrected chi connectivity index (χ1v) is 5.35. The maximum absolute atomic E-state index is 10.6. The molecule has 0 aliphatic heterocycles. The van der Waals surface area contributed by atoms with Crippen molar-refractivity contribution < 1.29 is 5.11 Å². The van der Waals surface area contributed by atoms with Gasteiger partial charge in [-0.15, -0.1) is 6.42 Å². The van der Waals surface area contributed by atoms with Crippen molar-refractivity contribution in [3.63, 3.8) is 0 Å². The molecule has 0 radical (unpaired) electrons. The van der Waals surface area contributed by atoms with Gasteiger partial charge < -0.3 is 5.11 Å². The minimum Gasteiger partial charge on any atom is -0.372 e. The third-order valence-electron chi connectivity index (χ3n) is 3.51. The van der Waals surface area contributed by atoms with E-state index in [1.165, 1.54) is 0 Å². The van der Waals surface area contributed by atoms with Crippen molar-refractivity contribution in [2.75, 3.05) is 0 Å². The maximum atomic E-state index is 10.6. The Hall–Kier alpha value is -1.77. The predicted molar refractivity (Wildman–Crippen MR) is 61.1 cm³/mol. The fraction of sp³-hybridized carbons (Fsp3) is 0.357. The average molecular weight is 211 g/mol. The molecule has 80 valence electrons. The Morgan fingerprint density at radius 1 is 1.31 bits per heavy atom. The predicted octanol–water partition coefficient (Wildman–Crippen LogP) is 2.20. The lowest BCUT2D eigenvalue weighted by Crippen LogP contribution is -2.48. The van der Waals surface area contributed by atoms with E-state index in [1.54, 1.807) is 12.1 Å². The number of nitriles is 1. The van der Waals surface area contributed by atoms with E-state index in [-0.39, 0.29) is 0 Å². The number of rotatable bonds is 2. The van der Waals surface area contributed by atoms with Crippen LogP contribution in [0.4, 0.5) is 0 Å². The van der Waals surface area contributed by atoms with E-state index < -0.39 is 11.0 Å². The van der Waals surface area contributed by atoms with Crippen molar-refractivity contribution in [1.82, 2.24) is 0 Å². The lowest BCUT2D eigenvalue weighted by Gasteiger charge is -2.45. The van der Waals surface area contributed by atoms with E-state index in [2.05, 4.69) is 12.0 Å². The minimum atomic E-state index is -1.46. The van der Waals surface area contributed by atoms with Gasteiger partial charge in [-0.2, -0.15) is 5.26 Å². The summed E-state index contributed by atoms with van der Waals surface area (Å²) in [7, 11) is 0. The standard InChI is InChI=1S/C14H13NO/c1-2-14(16,12-7-4-3-5-8-12)13(11-15)9-6-10-13/h1,3-5,7-8,16H,6,9-10H2/t14-/m0/s1. The fourth-order valence-corrected chi connectivity index (χ4v) is 2.26. The largest absolute Gasteiger partial charge is 0.372 e. The van der Waals surface area contributed by atoms with Gasteiger partial charge in [0.15, 0.2) is 5.60 Å². The van der Waals surface area contributed by atoms with Crippen LogP contribution in [0.2, 0.25) is 0 Å². The number of terminal acetylenes is 1. The summed E-state index contributed by atoms with van der Waals surface area (Å²) in [5.74, 6) is 2.42. The maximum Gasteiger partial charge on any atom is 0.169 e. The summed E-state index contributed by atoms with van der Waals surface area (Å²) in [6, 6.07) is 11.3. The van der Waals surface area contributed by atoms with Crippen LogP contribution in [0, 0.1) is 29.1 Å². The molecule has 0 saturated heterocycles. The normalized spacial score (nSPS) is 20.9. The molecule has 1 N–H and O–H groups in total. The molecule has 1 atom stereocenters. The first-order valence-electron chi connectivity index (χ1n) is 5.35. The van der Waals surface area contributed by atoms with Crippen LogP contribution in [0.25, 0.3) is 0 Å². The Morgan fingerprint density at radius 3 is 2.31 bits per heavy atom. The summed E-state index contributed by atoms with van der Waals surface area (Å²) in [4.78, 5) is 0. The van der Waals surface area contributed by atoms with Gasteiger partial charge in [-0.05, 0) is 24.8 Å². The van der Waals surface area contributed by atoms with E-state index in [0.29, 0.717) is 18.4 Å². The van der Waals surface area contributed by atoms with Crippen LogP contribution in [0.1, 0.15) is 24.8 Å². The lowest BCUT2D eigenvalue weighted by molar-refractivity contribution is -0.0530. The van der Waals surface area contributed by atoms with E-state index in [1.807, 2.05) is 18.2 Å². The summed E-state index contributed by atoms with van der Waals surface area (Å²) < 4.78 is 0. The van der Waals surface area contributed by atoms with Crippen LogP contribution in [0.5, 0.6) is 0 Å². The number of nitrogens with zero attached hydrogens (tertiary/aromatic N) is 1. The quantitative estimate of drug-likeness (QED) is 0.762. The lowest BCUT2D eigenvalue weighted by atomic mass is 9.58. The Morgan fingerprint density at radius 2 is 1.94 bits per heavy atom. The zero-order chi connectivity index (χ0) is 11.6. The highest BCUT2D eigenvalue weighted by Crippen LogP contribution is 2.53. The molecule has 1 aromatic rings. The van der Waals surface area contributed by atoms with Gasteiger partial charge in [0.2, 0.25) is 0 Å². The Bertz CT molecular complexity index is 462. The number of hydrogen-bond acceptors (Lipinski definition) is 2. The summed E-state index contributed by atoms with van der Waals surface area (Å²) in [6.07, 6.45) is 7.74. The molecule has 1 saturated carbocycles. The summed E-state index contributed by atoms with van der Waals surface area (Å²) in [6.45, 7) is 0. The molecule has 0 unspecified atom stereocenters. The van der Waals surface area contributed by atoms with E-state index in [0.717, 1.165) is 6.42 Å². The highest BCUT2D eigenvalue weighted by Gasteiger charge is 2.55. The zero-order valence-corrected chi connectivity index (χ0v) is 8.98. The molecule has 1 aromatic carbocycles. The molecule has 2 rings (SSSR count). The van der Waals surface area contributed by atoms with Gasteiger partial charge >= 0.3 is 0 Å². The molecule has 1 fully saturated rings. The van der Waals surface area contributed by atoms with Crippen LogP contribution >= 0.6 is 0 Å². The Balaban J connectivity index is 2.50. The first-order chi connectivity index (χ1) is 7.68. The smallest absolute Gasteiger partial charge is 0.169 e. The van der Waals surface area contributed by atoms with Crippen LogP contribution in [0.15, 0.2) is 30.3 Å². The minimum absolute atomic E-state index is 0.638. The van der Waals surface area contributed by atoms with Crippen molar-refractivity contribution in [3.8, 4) is 18.4 Å². The second-order valence-electron chi connectivity index (χ2n) is 4.27. The molecule has 0 amide bonds. The molecule has 1 aliphatic rings. The van der Waals surface area contributed by atoms with E-state index in [4.69, 9.17) is 6.42 Å². The van der Waals surface area contributed by atoms with Crippen molar-refractivity contribution in [3.05, 3.63) is 35.9 Å². The summed E-state index contributed by atoms with van der Waals surface area (Å²) in [5.41, 5.74) is -1.62. The molecule has 0 spiro atoms. The average Bonchev–Trinajstić information content (AvgIpc) is 2.29. The summed E-state index contributed by atoms with van der Waals surface area (Å²) >= 11 is 0. The van der Waals surface area contributed by atoms with Crippen LogP contribution in [-0.4, -0.2) is 5.11 Å². The van der Waals surface area contributed by atoms with Gasteiger partial charge in [-0.1, -0.05) is 36.3 Å². The monoisotopic (exact) mass is 211 g/mol. The number of aliphatic hydroxyl groups is 1. The number of hydrogen-bond donors (Lipinski definition) is 1. The van der Waals surface area contributed by atoms with E-state index >= 15 is 0 Å². The van der Waals surface area contributed by atoms with E-state index in [9.17, 15) is 10.4 Å². The second-order valence-corrected chi connectivity index (χ2v) is 4.27. The first kappa shape index (κ1) is 10.7. The summed E-state index contributed by atoms with van der Waals surface area (Å²) in [5, 5.41) is 19.9. The van der Waals surface area contributed by atoms with Gasteiger partial charge in [0.25, 0.3) is 0 Å². The Kier molecular flexibility index (Phi) is 2.46. The van der Waals surface area contributed by atoms with Gasteiger partial charge in [-0.25, -0.2) is 0 Å². The molecule has 0 bridgehead atoms. The van der Waals surface area contributed by atoms with Crippen molar-refractivity contribution >= 4 is 0 Å². The third kappa shape index (κ3) is 1.24. The second kappa shape index (κ2) is 3.67. The van der Waals surface area contributed by atoms with Crippen molar-refractivity contribution in [1.29, 1.82) is 5.26 Å². The molecule has 0 heterocycles. The molecule has 2 heteroatoms. The highest BCUT2D eigenvalue weighted by atomic mass is 16.3. The molecule has 2 nitrogen and oxygen atoms in total. The molecule has 0 aromatic heterocycles. The fourth-order valence-electron chi connectivity index (χ4n) is 2.26. The Labute approximate surface area is 95.5 Å². The van der Waals surface area contributed by atoms with Crippen LogP contribution < -0.4 is 0 Å². The topological polar surface area (TPSA) is 44.0 Å². The van der Waals surface area contributed by atoms with Crippen molar-refractivity contribution in [2.24, 2.45) is 5.41 Å².